The minimum absolute atomic E-state index is 0.119. The molecule has 1 saturated heterocycles. The number of amides is 1. The van der Waals surface area contributed by atoms with E-state index in [1.807, 2.05) is 47.4 Å². The first-order valence-corrected chi connectivity index (χ1v) is 10.7. The summed E-state index contributed by atoms with van der Waals surface area (Å²) < 4.78 is 7.43. The van der Waals surface area contributed by atoms with E-state index in [-0.39, 0.29) is 5.91 Å². The lowest BCUT2D eigenvalue weighted by atomic mass is 10.1. The van der Waals surface area contributed by atoms with Crippen LogP contribution in [0.15, 0.2) is 67.1 Å². The lowest BCUT2D eigenvalue weighted by Crippen LogP contribution is -2.48. The Balaban J connectivity index is 1.66. The number of aromatic nitrogens is 3. The zero-order valence-corrected chi connectivity index (χ0v) is 18.2. The number of nitrogens with zero attached hydrogens (tertiary/aromatic N) is 5. The molecule has 2 aromatic carbocycles. The van der Waals surface area contributed by atoms with Crippen LogP contribution in [0.4, 0.5) is 5.82 Å². The van der Waals surface area contributed by atoms with Crippen molar-refractivity contribution < 1.29 is 9.53 Å². The molecule has 1 fully saturated rings. The Hall–Kier alpha value is -3.87. The van der Waals surface area contributed by atoms with Gasteiger partial charge in [-0.15, -0.1) is 0 Å². The maximum atomic E-state index is 11.8. The molecule has 0 unspecified atom stereocenters. The number of piperazine rings is 1. The molecule has 1 aliphatic heterocycles. The Kier molecular flexibility index (Phi) is 5.23. The van der Waals surface area contributed by atoms with Crippen LogP contribution in [0, 0.1) is 0 Å². The Morgan fingerprint density at radius 3 is 2.31 bits per heavy atom. The summed E-state index contributed by atoms with van der Waals surface area (Å²) in [6.07, 6.45) is 3.76. The van der Waals surface area contributed by atoms with Gasteiger partial charge in [0.2, 0.25) is 5.91 Å². The summed E-state index contributed by atoms with van der Waals surface area (Å²) in [6, 6.07) is 18.3. The van der Waals surface area contributed by atoms with Crippen molar-refractivity contribution in [3.05, 3.63) is 67.1 Å². The van der Waals surface area contributed by atoms with Crippen molar-refractivity contribution in [2.45, 2.75) is 6.92 Å². The third-order valence-corrected chi connectivity index (χ3v) is 6.02. The fourth-order valence-electron chi connectivity index (χ4n) is 4.29. The average molecular weight is 428 g/mol. The second-order valence-electron chi connectivity index (χ2n) is 7.87. The molecule has 0 bridgehead atoms. The number of rotatable bonds is 4. The fourth-order valence-corrected chi connectivity index (χ4v) is 4.29. The first-order chi connectivity index (χ1) is 15.7. The van der Waals surface area contributed by atoms with Gasteiger partial charge >= 0.3 is 0 Å². The lowest BCUT2D eigenvalue weighted by Gasteiger charge is -2.35. The summed E-state index contributed by atoms with van der Waals surface area (Å²) in [5.41, 5.74) is 4.06. The van der Waals surface area contributed by atoms with E-state index in [1.165, 1.54) is 0 Å². The summed E-state index contributed by atoms with van der Waals surface area (Å²) in [7, 11) is 1.67. The van der Waals surface area contributed by atoms with E-state index in [9.17, 15) is 4.79 Å². The highest BCUT2D eigenvalue weighted by Crippen LogP contribution is 2.37. The molecule has 2 aromatic heterocycles. The topological polar surface area (TPSA) is 63.5 Å². The minimum Gasteiger partial charge on any atom is -0.497 e. The first-order valence-electron chi connectivity index (χ1n) is 10.7. The summed E-state index contributed by atoms with van der Waals surface area (Å²) in [4.78, 5) is 25.3. The maximum Gasteiger partial charge on any atom is 0.219 e. The number of ether oxygens (including phenoxy) is 1. The third kappa shape index (κ3) is 3.56. The van der Waals surface area contributed by atoms with E-state index < -0.39 is 0 Å². The van der Waals surface area contributed by atoms with Crippen molar-refractivity contribution >= 4 is 22.8 Å². The molecule has 1 amide bonds. The predicted octanol–water partition coefficient (Wildman–Crippen LogP) is 3.76. The van der Waals surface area contributed by atoms with Crippen LogP contribution < -0.4 is 9.64 Å². The monoisotopic (exact) mass is 427 g/mol. The molecule has 5 rings (SSSR count). The Morgan fingerprint density at radius 2 is 1.66 bits per heavy atom. The molecule has 3 heterocycles. The second-order valence-corrected chi connectivity index (χ2v) is 7.87. The molecule has 7 heteroatoms. The Labute approximate surface area is 186 Å². The van der Waals surface area contributed by atoms with Gasteiger partial charge in [0.05, 0.1) is 12.5 Å². The molecular weight excluding hydrogens is 402 g/mol. The van der Waals surface area contributed by atoms with Crippen molar-refractivity contribution in [2.24, 2.45) is 0 Å². The van der Waals surface area contributed by atoms with Crippen LogP contribution in [0.25, 0.3) is 27.8 Å². The molecule has 0 spiro atoms. The van der Waals surface area contributed by atoms with E-state index in [1.54, 1.807) is 20.4 Å². The predicted molar refractivity (Wildman–Crippen MR) is 125 cm³/mol. The fraction of sp³-hybridized carbons (Fsp3) is 0.240. The van der Waals surface area contributed by atoms with E-state index in [0.717, 1.165) is 52.5 Å². The highest BCUT2D eigenvalue weighted by molar-refractivity contribution is 6.02. The van der Waals surface area contributed by atoms with E-state index in [0.29, 0.717) is 13.1 Å². The van der Waals surface area contributed by atoms with Gasteiger partial charge in [-0.25, -0.2) is 9.97 Å². The minimum atomic E-state index is 0.119. The van der Waals surface area contributed by atoms with E-state index >= 15 is 0 Å². The van der Waals surface area contributed by atoms with Crippen molar-refractivity contribution in [2.75, 3.05) is 38.2 Å². The smallest absolute Gasteiger partial charge is 0.219 e. The lowest BCUT2D eigenvalue weighted by molar-refractivity contribution is -0.129. The van der Waals surface area contributed by atoms with Gasteiger partial charge in [-0.2, -0.15) is 0 Å². The molecule has 7 nitrogen and oxygen atoms in total. The highest BCUT2D eigenvalue weighted by atomic mass is 16.5. The van der Waals surface area contributed by atoms with E-state index in [2.05, 4.69) is 32.8 Å². The molecule has 4 aromatic rings. The normalized spacial score (nSPS) is 14.1. The molecule has 0 radical (unpaired) electrons. The van der Waals surface area contributed by atoms with Crippen LogP contribution in [-0.2, 0) is 4.79 Å². The van der Waals surface area contributed by atoms with Gasteiger partial charge in [0.1, 0.15) is 17.9 Å². The number of benzene rings is 2. The van der Waals surface area contributed by atoms with Crippen molar-refractivity contribution in [3.63, 3.8) is 0 Å². The first kappa shape index (κ1) is 20.1. The van der Waals surface area contributed by atoms with Gasteiger partial charge in [-0.05, 0) is 29.8 Å². The molecule has 0 aliphatic carbocycles. The molecule has 0 atom stereocenters. The third-order valence-electron chi connectivity index (χ3n) is 6.02. The second kappa shape index (κ2) is 8.34. The summed E-state index contributed by atoms with van der Waals surface area (Å²) in [5.74, 6) is 1.84. The van der Waals surface area contributed by atoms with Crippen LogP contribution in [0.2, 0.25) is 0 Å². The van der Waals surface area contributed by atoms with Crippen LogP contribution in [0.5, 0.6) is 5.75 Å². The maximum absolute atomic E-state index is 11.8. The van der Waals surface area contributed by atoms with E-state index in [4.69, 9.17) is 9.72 Å². The molecule has 0 N–H and O–H groups in total. The quantitative estimate of drug-likeness (QED) is 0.496. The van der Waals surface area contributed by atoms with Gasteiger partial charge in [0, 0.05) is 50.6 Å². The number of hydrogen-bond donors (Lipinski definition) is 0. The van der Waals surface area contributed by atoms with Gasteiger partial charge < -0.3 is 19.1 Å². The Bertz CT molecular complexity index is 1240. The number of hydrogen-bond acceptors (Lipinski definition) is 5. The van der Waals surface area contributed by atoms with Crippen molar-refractivity contribution in [3.8, 4) is 22.6 Å². The number of carbonyl (C=O) groups is 1. The number of methoxy groups -OCH3 is 1. The van der Waals surface area contributed by atoms with Crippen LogP contribution in [-0.4, -0.2) is 58.6 Å². The highest BCUT2D eigenvalue weighted by Gasteiger charge is 2.24. The van der Waals surface area contributed by atoms with Gasteiger partial charge in [-0.1, -0.05) is 30.3 Å². The summed E-state index contributed by atoms with van der Waals surface area (Å²) >= 11 is 0. The number of fused-ring (bicyclic) bond motifs is 1. The molecule has 162 valence electrons. The summed E-state index contributed by atoms with van der Waals surface area (Å²) in [6.45, 7) is 4.50. The number of carbonyl (C=O) groups excluding carboxylic acids is 1. The Morgan fingerprint density at radius 1 is 0.938 bits per heavy atom. The van der Waals surface area contributed by atoms with Crippen molar-refractivity contribution in [1.82, 2.24) is 19.4 Å². The molecule has 32 heavy (non-hydrogen) atoms. The zero-order chi connectivity index (χ0) is 22.1. The zero-order valence-electron chi connectivity index (χ0n) is 18.2. The summed E-state index contributed by atoms with van der Waals surface area (Å²) in [5, 5.41) is 1.02. The van der Waals surface area contributed by atoms with Gasteiger partial charge in [0.25, 0.3) is 0 Å². The molecule has 0 saturated carbocycles. The van der Waals surface area contributed by atoms with Crippen LogP contribution in [0.3, 0.4) is 0 Å². The van der Waals surface area contributed by atoms with Crippen molar-refractivity contribution in [1.29, 1.82) is 0 Å². The van der Waals surface area contributed by atoms with Crippen LogP contribution >= 0.6 is 0 Å². The van der Waals surface area contributed by atoms with Crippen LogP contribution in [0.1, 0.15) is 6.92 Å². The largest absolute Gasteiger partial charge is 0.497 e. The average Bonchev–Trinajstić information content (AvgIpc) is 3.24. The van der Waals surface area contributed by atoms with Gasteiger partial charge in [-0.3, -0.25) is 4.79 Å². The molecule has 1 aliphatic rings. The molecular formula is C25H25N5O2. The standard InChI is InChI=1S/C25H25N5O2/c1-18(31)28-12-14-29(15-13-28)24-23-22(19-6-4-3-5-7-19)16-30(25(23)27-17-26-24)20-8-10-21(32-2)11-9-20/h3-11,16-17H,12-15H2,1-2H3. The van der Waals surface area contributed by atoms with Gasteiger partial charge in [0.15, 0.2) is 5.65 Å². The SMILES string of the molecule is COc1ccc(-n2cc(-c3ccccc3)c3c(N4CCN(C(C)=O)CC4)ncnc32)cc1. The number of anilines is 1.